The molecule has 0 amide bonds. The molecular formula is C15H17ClF2N4O2. The molecule has 24 heavy (non-hydrogen) atoms. The second-order valence-electron chi connectivity index (χ2n) is 4.68. The van der Waals surface area contributed by atoms with Gasteiger partial charge in [-0.2, -0.15) is 8.78 Å². The van der Waals surface area contributed by atoms with Gasteiger partial charge in [-0.3, -0.25) is 0 Å². The third-order valence-corrected chi connectivity index (χ3v) is 3.49. The Morgan fingerprint density at radius 2 is 2.04 bits per heavy atom. The Morgan fingerprint density at radius 3 is 2.71 bits per heavy atom. The van der Waals surface area contributed by atoms with Gasteiger partial charge < -0.3 is 20.1 Å². The van der Waals surface area contributed by atoms with Crippen LogP contribution in [-0.4, -0.2) is 37.3 Å². The Bertz CT molecular complexity index is 689. The largest absolute Gasteiger partial charge is 0.493 e. The van der Waals surface area contributed by atoms with Gasteiger partial charge in [-0.1, -0.05) is 17.7 Å². The maximum Gasteiger partial charge on any atom is 0.387 e. The first-order valence-corrected chi connectivity index (χ1v) is 7.46. The van der Waals surface area contributed by atoms with Crippen molar-refractivity contribution in [1.82, 2.24) is 9.97 Å². The maximum absolute atomic E-state index is 12.4. The highest BCUT2D eigenvalue weighted by molar-refractivity contribution is 6.32. The zero-order valence-electron chi connectivity index (χ0n) is 13.1. The molecule has 1 aromatic carbocycles. The van der Waals surface area contributed by atoms with Crippen LogP contribution in [0, 0.1) is 0 Å². The van der Waals surface area contributed by atoms with Gasteiger partial charge in [0.1, 0.15) is 12.0 Å². The molecule has 0 atom stereocenters. The average molecular weight is 359 g/mol. The number of alkyl halides is 2. The number of rotatable bonds is 8. The zero-order valence-corrected chi connectivity index (χ0v) is 13.9. The Morgan fingerprint density at radius 1 is 1.25 bits per heavy atom. The highest BCUT2D eigenvalue weighted by Crippen LogP contribution is 2.30. The van der Waals surface area contributed by atoms with Crippen LogP contribution in [0.25, 0.3) is 0 Å². The molecule has 130 valence electrons. The monoisotopic (exact) mass is 358 g/mol. The molecule has 0 fully saturated rings. The lowest BCUT2D eigenvalue weighted by Crippen LogP contribution is -2.10. The highest BCUT2D eigenvalue weighted by atomic mass is 35.5. The maximum atomic E-state index is 12.4. The van der Waals surface area contributed by atoms with Gasteiger partial charge in [-0.15, -0.1) is 0 Å². The predicted molar refractivity (Wildman–Crippen MR) is 88.4 cm³/mol. The summed E-state index contributed by atoms with van der Waals surface area (Å²) in [6, 6.07) is 4.90. The summed E-state index contributed by atoms with van der Waals surface area (Å²) in [4.78, 5) is 8.00. The number of nitrogens with one attached hydrogen (secondary N) is 2. The summed E-state index contributed by atoms with van der Waals surface area (Å²) in [5.41, 5.74) is 1.40. The highest BCUT2D eigenvalue weighted by Gasteiger charge is 2.12. The summed E-state index contributed by atoms with van der Waals surface area (Å²) in [6.45, 7) is -2.39. The van der Waals surface area contributed by atoms with E-state index >= 15 is 0 Å². The van der Waals surface area contributed by atoms with E-state index in [0.29, 0.717) is 29.6 Å². The number of halogens is 3. The van der Waals surface area contributed by atoms with Crippen LogP contribution < -0.4 is 20.1 Å². The molecular weight excluding hydrogens is 342 g/mol. The molecule has 0 bridgehead atoms. The second-order valence-corrected chi connectivity index (χ2v) is 5.04. The van der Waals surface area contributed by atoms with Crippen LogP contribution in [0.1, 0.15) is 5.56 Å². The fourth-order valence-corrected chi connectivity index (χ4v) is 2.34. The van der Waals surface area contributed by atoms with Gasteiger partial charge in [0.05, 0.1) is 7.11 Å². The van der Waals surface area contributed by atoms with Gasteiger partial charge in [0.25, 0.3) is 0 Å². The van der Waals surface area contributed by atoms with Gasteiger partial charge in [0.15, 0.2) is 22.5 Å². The van der Waals surface area contributed by atoms with Crippen molar-refractivity contribution >= 4 is 23.1 Å². The number of anilines is 2. The smallest absolute Gasteiger partial charge is 0.387 e. The van der Waals surface area contributed by atoms with Gasteiger partial charge in [-0.25, -0.2) is 9.97 Å². The average Bonchev–Trinajstić information content (AvgIpc) is 2.55. The number of ether oxygens (including phenoxy) is 2. The first kappa shape index (κ1) is 18.0. The van der Waals surface area contributed by atoms with Crippen molar-refractivity contribution in [2.75, 3.05) is 31.3 Å². The van der Waals surface area contributed by atoms with Crippen LogP contribution in [0.3, 0.4) is 0 Å². The van der Waals surface area contributed by atoms with Crippen LogP contribution >= 0.6 is 11.6 Å². The molecule has 0 saturated heterocycles. The molecule has 0 saturated carbocycles. The number of aromatic nitrogens is 2. The van der Waals surface area contributed by atoms with E-state index in [4.69, 9.17) is 16.3 Å². The third-order valence-electron chi connectivity index (χ3n) is 3.20. The molecule has 0 unspecified atom stereocenters. The molecule has 2 N–H and O–H groups in total. The first-order valence-electron chi connectivity index (χ1n) is 7.09. The molecule has 0 spiro atoms. The molecule has 2 rings (SSSR count). The quantitative estimate of drug-likeness (QED) is 0.705. The summed E-state index contributed by atoms with van der Waals surface area (Å²) >= 11 is 5.97. The molecule has 1 heterocycles. The second kappa shape index (κ2) is 8.49. The van der Waals surface area contributed by atoms with E-state index in [1.165, 1.54) is 19.5 Å². The fourth-order valence-electron chi connectivity index (χ4n) is 2.11. The lowest BCUT2D eigenvalue weighted by molar-refractivity contribution is -0.0512. The molecule has 2 aromatic rings. The Kier molecular flexibility index (Phi) is 6.36. The van der Waals surface area contributed by atoms with Crippen molar-refractivity contribution in [2.24, 2.45) is 0 Å². The van der Waals surface area contributed by atoms with Crippen LogP contribution in [-0.2, 0) is 6.42 Å². The SMILES string of the molecule is CNc1c(Cl)ncnc1NCCc1ccc(OC)c(OC(F)F)c1. The summed E-state index contributed by atoms with van der Waals surface area (Å²) in [6.07, 6.45) is 1.92. The van der Waals surface area contributed by atoms with E-state index in [0.717, 1.165) is 5.56 Å². The fraction of sp³-hybridized carbons (Fsp3) is 0.333. The summed E-state index contributed by atoms with van der Waals surface area (Å²) in [5.74, 6) is 0.827. The van der Waals surface area contributed by atoms with Crippen LogP contribution in [0.5, 0.6) is 11.5 Å². The predicted octanol–water partition coefficient (Wildman–Crippen LogP) is 3.44. The summed E-state index contributed by atoms with van der Waals surface area (Å²) in [7, 11) is 3.11. The van der Waals surface area contributed by atoms with E-state index in [2.05, 4.69) is 25.3 Å². The van der Waals surface area contributed by atoms with Crippen LogP contribution in [0.15, 0.2) is 24.5 Å². The third kappa shape index (κ3) is 4.58. The molecule has 0 aliphatic rings. The van der Waals surface area contributed by atoms with Gasteiger partial charge in [0, 0.05) is 13.6 Å². The van der Waals surface area contributed by atoms with Crippen molar-refractivity contribution in [2.45, 2.75) is 13.0 Å². The number of benzene rings is 1. The first-order chi connectivity index (χ1) is 11.5. The zero-order chi connectivity index (χ0) is 17.5. The summed E-state index contributed by atoms with van der Waals surface area (Å²) in [5, 5.41) is 6.36. The molecule has 9 heteroatoms. The van der Waals surface area contributed by atoms with Gasteiger partial charge in [-0.05, 0) is 24.1 Å². The van der Waals surface area contributed by atoms with E-state index in [9.17, 15) is 8.78 Å². The Balaban J connectivity index is 2.03. The van der Waals surface area contributed by atoms with Crippen molar-refractivity contribution in [1.29, 1.82) is 0 Å². The topological polar surface area (TPSA) is 68.3 Å². The van der Waals surface area contributed by atoms with Crippen molar-refractivity contribution in [3.05, 3.63) is 35.2 Å². The van der Waals surface area contributed by atoms with E-state index in [1.807, 2.05) is 0 Å². The number of methoxy groups -OCH3 is 1. The van der Waals surface area contributed by atoms with Crippen LogP contribution in [0.2, 0.25) is 5.15 Å². The van der Waals surface area contributed by atoms with Crippen molar-refractivity contribution in [3.8, 4) is 11.5 Å². The number of hydrogen-bond acceptors (Lipinski definition) is 6. The summed E-state index contributed by atoms with van der Waals surface area (Å²) < 4.78 is 34.4. The Hall–Kier alpha value is -2.35. The van der Waals surface area contributed by atoms with E-state index in [-0.39, 0.29) is 11.5 Å². The van der Waals surface area contributed by atoms with Gasteiger partial charge in [0.2, 0.25) is 0 Å². The van der Waals surface area contributed by atoms with Crippen molar-refractivity contribution in [3.63, 3.8) is 0 Å². The van der Waals surface area contributed by atoms with Crippen LogP contribution in [0.4, 0.5) is 20.3 Å². The van der Waals surface area contributed by atoms with E-state index in [1.54, 1.807) is 19.2 Å². The lowest BCUT2D eigenvalue weighted by atomic mass is 10.1. The molecule has 1 aromatic heterocycles. The lowest BCUT2D eigenvalue weighted by Gasteiger charge is -2.13. The number of nitrogens with zero attached hydrogens (tertiary/aromatic N) is 2. The molecule has 0 radical (unpaired) electrons. The standard InChI is InChI=1S/C15H17ClF2N4O2/c1-19-12-13(16)21-8-22-14(12)20-6-5-9-3-4-10(23-2)11(7-9)24-15(17)18/h3-4,7-8,15,19H,5-6H2,1-2H3,(H,20,21,22). The molecule has 6 nitrogen and oxygen atoms in total. The number of hydrogen-bond donors (Lipinski definition) is 2. The minimum absolute atomic E-state index is 0.00555. The van der Waals surface area contributed by atoms with Gasteiger partial charge >= 0.3 is 6.61 Å². The normalized spacial score (nSPS) is 10.6. The van der Waals surface area contributed by atoms with E-state index < -0.39 is 6.61 Å². The Labute approximate surface area is 143 Å². The minimum Gasteiger partial charge on any atom is -0.493 e. The molecule has 0 aliphatic heterocycles. The minimum atomic E-state index is -2.91. The van der Waals surface area contributed by atoms with Crippen molar-refractivity contribution < 1.29 is 18.3 Å². The molecule has 0 aliphatic carbocycles.